The third-order valence-corrected chi connectivity index (χ3v) is 4.41. The predicted octanol–water partition coefficient (Wildman–Crippen LogP) is 4.30. The van der Waals surface area contributed by atoms with Gasteiger partial charge < -0.3 is 9.72 Å². The van der Waals surface area contributed by atoms with Crippen molar-refractivity contribution in [3.63, 3.8) is 0 Å². The number of esters is 1. The molecule has 1 heterocycles. The Kier molecular flexibility index (Phi) is 4.56. The summed E-state index contributed by atoms with van der Waals surface area (Å²) in [6, 6.07) is 9.85. The molecule has 22 heavy (non-hydrogen) atoms. The van der Waals surface area contributed by atoms with E-state index in [9.17, 15) is 4.79 Å². The molecule has 116 valence electrons. The molecule has 0 aliphatic heterocycles. The highest BCUT2D eigenvalue weighted by Crippen LogP contribution is 2.32. The van der Waals surface area contributed by atoms with Gasteiger partial charge in [0.05, 0.1) is 12.8 Å². The normalized spacial score (nSPS) is 16.2. The summed E-state index contributed by atoms with van der Waals surface area (Å²) in [5.41, 5.74) is 2.13. The molecule has 1 aromatic heterocycles. The van der Waals surface area contributed by atoms with E-state index in [1.165, 1.54) is 32.8 Å². The van der Waals surface area contributed by atoms with Crippen LogP contribution in [0.4, 0.5) is 0 Å². The molecule has 4 nitrogen and oxygen atoms in total. The van der Waals surface area contributed by atoms with E-state index in [2.05, 4.69) is 9.97 Å². The Labute approximate surface area is 130 Å². The van der Waals surface area contributed by atoms with Crippen molar-refractivity contribution in [1.82, 2.24) is 9.97 Å². The first kappa shape index (κ1) is 14.8. The molecule has 1 aromatic carbocycles. The van der Waals surface area contributed by atoms with Crippen molar-refractivity contribution in [3.8, 4) is 11.3 Å². The minimum Gasteiger partial charge on any atom is -0.464 e. The van der Waals surface area contributed by atoms with Gasteiger partial charge in [-0.1, -0.05) is 56.0 Å². The molecule has 1 fully saturated rings. The number of carbonyl (C=O) groups excluding carboxylic acids is 1. The Morgan fingerprint density at radius 2 is 1.82 bits per heavy atom. The van der Waals surface area contributed by atoms with Gasteiger partial charge in [-0.15, -0.1) is 0 Å². The topological polar surface area (TPSA) is 55.0 Å². The number of nitrogens with one attached hydrogen (secondary N) is 1. The van der Waals surface area contributed by atoms with Crippen molar-refractivity contribution in [2.75, 3.05) is 7.11 Å². The number of aromatic nitrogens is 2. The lowest BCUT2D eigenvalue weighted by Crippen LogP contribution is -2.04. The molecule has 1 aliphatic rings. The van der Waals surface area contributed by atoms with Gasteiger partial charge in [-0.25, -0.2) is 9.78 Å². The van der Waals surface area contributed by atoms with Gasteiger partial charge in [-0.3, -0.25) is 0 Å². The van der Waals surface area contributed by atoms with Crippen LogP contribution in [0.5, 0.6) is 0 Å². The van der Waals surface area contributed by atoms with Gasteiger partial charge in [0.1, 0.15) is 5.82 Å². The number of H-pyrrole nitrogens is 1. The molecular formula is C18H22N2O2. The molecule has 0 radical (unpaired) electrons. The summed E-state index contributed by atoms with van der Waals surface area (Å²) < 4.78 is 4.90. The first-order valence-electron chi connectivity index (χ1n) is 8.03. The third kappa shape index (κ3) is 3.06. The summed E-state index contributed by atoms with van der Waals surface area (Å²) in [5.74, 6) is 0.972. The summed E-state index contributed by atoms with van der Waals surface area (Å²) in [6.45, 7) is 0. The van der Waals surface area contributed by atoms with E-state index in [0.29, 0.717) is 11.6 Å². The van der Waals surface area contributed by atoms with Crippen molar-refractivity contribution in [2.24, 2.45) is 0 Å². The van der Waals surface area contributed by atoms with E-state index in [1.54, 1.807) is 0 Å². The van der Waals surface area contributed by atoms with Crippen LogP contribution in [0, 0.1) is 0 Å². The lowest BCUT2D eigenvalue weighted by Gasteiger charge is -2.10. The average Bonchev–Trinajstić information content (AvgIpc) is 2.83. The predicted molar refractivity (Wildman–Crippen MR) is 85.8 cm³/mol. The van der Waals surface area contributed by atoms with E-state index < -0.39 is 0 Å². The van der Waals surface area contributed by atoms with Crippen LogP contribution < -0.4 is 0 Å². The fourth-order valence-electron chi connectivity index (χ4n) is 3.20. The summed E-state index contributed by atoms with van der Waals surface area (Å²) >= 11 is 0. The van der Waals surface area contributed by atoms with E-state index in [0.717, 1.165) is 29.9 Å². The Morgan fingerprint density at radius 3 is 2.45 bits per heavy atom. The van der Waals surface area contributed by atoms with Crippen LogP contribution in [0.15, 0.2) is 30.3 Å². The number of benzene rings is 1. The van der Waals surface area contributed by atoms with Crippen molar-refractivity contribution in [2.45, 2.75) is 44.4 Å². The van der Waals surface area contributed by atoms with Crippen LogP contribution in [0.2, 0.25) is 0 Å². The number of imidazole rings is 1. The van der Waals surface area contributed by atoms with E-state index in [-0.39, 0.29) is 5.97 Å². The number of aromatic amines is 1. The maximum atomic E-state index is 12.1. The van der Waals surface area contributed by atoms with Crippen molar-refractivity contribution < 1.29 is 9.53 Å². The Hall–Kier alpha value is -2.10. The summed E-state index contributed by atoms with van der Waals surface area (Å²) in [4.78, 5) is 20.1. The van der Waals surface area contributed by atoms with Crippen molar-refractivity contribution >= 4 is 5.97 Å². The number of nitrogens with zero attached hydrogens (tertiary/aromatic N) is 1. The maximum Gasteiger partial charge on any atom is 0.358 e. The second-order valence-corrected chi connectivity index (χ2v) is 5.89. The molecule has 1 N–H and O–H groups in total. The van der Waals surface area contributed by atoms with Gasteiger partial charge in [0.15, 0.2) is 5.69 Å². The quantitative estimate of drug-likeness (QED) is 0.679. The van der Waals surface area contributed by atoms with Crippen molar-refractivity contribution in [3.05, 3.63) is 41.9 Å². The van der Waals surface area contributed by atoms with Crippen LogP contribution in [0.25, 0.3) is 11.3 Å². The number of carbonyl (C=O) groups is 1. The standard InChI is InChI=1S/C18H22N2O2/c1-22-18(21)16-15(13-9-7-4-8-10-13)19-17(20-16)14-11-5-2-3-6-12-14/h4,7-10,14H,2-3,5-6,11-12H2,1H3,(H,19,20). The van der Waals surface area contributed by atoms with E-state index in [4.69, 9.17) is 4.74 Å². The monoisotopic (exact) mass is 298 g/mol. The number of hydrogen-bond donors (Lipinski definition) is 1. The van der Waals surface area contributed by atoms with Crippen LogP contribution in [-0.2, 0) is 4.74 Å². The number of ether oxygens (including phenoxy) is 1. The zero-order valence-electron chi connectivity index (χ0n) is 13.0. The van der Waals surface area contributed by atoms with Crippen LogP contribution in [0.3, 0.4) is 0 Å². The van der Waals surface area contributed by atoms with E-state index in [1.807, 2.05) is 30.3 Å². The van der Waals surface area contributed by atoms with Crippen molar-refractivity contribution in [1.29, 1.82) is 0 Å². The lowest BCUT2D eigenvalue weighted by atomic mass is 10.00. The first-order valence-corrected chi connectivity index (χ1v) is 8.03. The Bertz CT molecular complexity index is 626. The molecule has 0 unspecified atom stereocenters. The summed E-state index contributed by atoms with van der Waals surface area (Å²) in [5, 5.41) is 0. The maximum absolute atomic E-state index is 12.1. The van der Waals surface area contributed by atoms with E-state index >= 15 is 0 Å². The zero-order valence-corrected chi connectivity index (χ0v) is 13.0. The smallest absolute Gasteiger partial charge is 0.358 e. The second-order valence-electron chi connectivity index (χ2n) is 5.89. The molecular weight excluding hydrogens is 276 g/mol. The number of rotatable bonds is 3. The van der Waals surface area contributed by atoms with Gasteiger partial charge in [-0.05, 0) is 12.8 Å². The molecule has 1 aliphatic carbocycles. The molecule has 2 aromatic rings. The highest BCUT2D eigenvalue weighted by atomic mass is 16.5. The minimum atomic E-state index is -0.380. The molecule has 3 rings (SSSR count). The second kappa shape index (κ2) is 6.77. The van der Waals surface area contributed by atoms with Crippen LogP contribution in [0.1, 0.15) is 60.8 Å². The van der Waals surface area contributed by atoms with Gasteiger partial charge >= 0.3 is 5.97 Å². The summed E-state index contributed by atoms with van der Waals surface area (Å²) in [6.07, 6.45) is 7.35. The molecule has 0 atom stereocenters. The SMILES string of the molecule is COC(=O)c1nc(C2CCCCCC2)[nH]c1-c1ccccc1. The molecule has 0 bridgehead atoms. The molecule has 0 saturated heterocycles. The highest BCUT2D eigenvalue weighted by molar-refractivity contribution is 5.94. The molecule has 0 spiro atoms. The van der Waals surface area contributed by atoms with Gasteiger partial charge in [0.2, 0.25) is 0 Å². The molecule has 0 amide bonds. The molecule has 1 saturated carbocycles. The third-order valence-electron chi connectivity index (χ3n) is 4.41. The number of hydrogen-bond acceptors (Lipinski definition) is 3. The highest BCUT2D eigenvalue weighted by Gasteiger charge is 2.24. The Morgan fingerprint density at radius 1 is 1.14 bits per heavy atom. The largest absolute Gasteiger partial charge is 0.464 e. The minimum absolute atomic E-state index is 0.380. The fraction of sp³-hybridized carbons (Fsp3) is 0.444. The zero-order chi connectivity index (χ0) is 15.4. The Balaban J connectivity index is 1.99. The van der Waals surface area contributed by atoms with Gasteiger partial charge in [0, 0.05) is 11.5 Å². The number of methoxy groups -OCH3 is 1. The first-order chi connectivity index (χ1) is 10.8. The average molecular weight is 298 g/mol. The fourth-order valence-corrected chi connectivity index (χ4v) is 3.20. The van der Waals surface area contributed by atoms with Gasteiger partial charge in [0.25, 0.3) is 0 Å². The summed E-state index contributed by atoms with van der Waals surface area (Å²) in [7, 11) is 1.40. The lowest BCUT2D eigenvalue weighted by molar-refractivity contribution is 0.0595. The van der Waals surface area contributed by atoms with Crippen LogP contribution in [-0.4, -0.2) is 23.0 Å². The molecule has 4 heteroatoms. The van der Waals surface area contributed by atoms with Crippen LogP contribution >= 0.6 is 0 Å². The van der Waals surface area contributed by atoms with Gasteiger partial charge in [-0.2, -0.15) is 0 Å².